The standard InChI is InChI=1S/C13H17BrClNOS/c1-13(2,7-14)8-16-12(17)10-6-9(18-3)4-5-11(10)15/h4-6H,7-8H2,1-3H3,(H,16,17). The quantitative estimate of drug-likeness (QED) is 0.636. The smallest absolute Gasteiger partial charge is 0.252 e. The molecule has 100 valence electrons. The van der Waals surface area contributed by atoms with Crippen LogP contribution in [0.5, 0.6) is 0 Å². The molecule has 1 aromatic rings. The maximum Gasteiger partial charge on any atom is 0.252 e. The zero-order valence-corrected chi connectivity index (χ0v) is 13.9. The highest BCUT2D eigenvalue weighted by molar-refractivity contribution is 9.09. The van der Waals surface area contributed by atoms with Crippen LogP contribution in [-0.2, 0) is 0 Å². The minimum Gasteiger partial charge on any atom is -0.351 e. The van der Waals surface area contributed by atoms with Crippen molar-refractivity contribution in [1.82, 2.24) is 5.32 Å². The molecule has 1 N–H and O–H groups in total. The van der Waals surface area contributed by atoms with Crippen LogP contribution in [0.3, 0.4) is 0 Å². The monoisotopic (exact) mass is 349 g/mol. The predicted molar refractivity (Wildman–Crippen MR) is 83.1 cm³/mol. The second-order valence-corrected chi connectivity index (χ2v) is 6.67. The molecule has 0 radical (unpaired) electrons. The van der Waals surface area contributed by atoms with E-state index in [9.17, 15) is 4.79 Å². The number of carbonyl (C=O) groups excluding carboxylic acids is 1. The Morgan fingerprint density at radius 3 is 2.72 bits per heavy atom. The summed E-state index contributed by atoms with van der Waals surface area (Å²) in [7, 11) is 0. The van der Waals surface area contributed by atoms with Gasteiger partial charge >= 0.3 is 0 Å². The summed E-state index contributed by atoms with van der Waals surface area (Å²) in [5.41, 5.74) is 0.563. The second-order valence-electron chi connectivity index (χ2n) is 4.83. The average molecular weight is 351 g/mol. The summed E-state index contributed by atoms with van der Waals surface area (Å²) in [4.78, 5) is 13.1. The minimum absolute atomic E-state index is 0.0270. The Morgan fingerprint density at radius 2 is 2.17 bits per heavy atom. The van der Waals surface area contributed by atoms with Crippen LogP contribution >= 0.6 is 39.3 Å². The first-order valence-electron chi connectivity index (χ1n) is 5.57. The molecule has 1 rings (SSSR count). The molecular weight excluding hydrogens is 334 g/mol. The summed E-state index contributed by atoms with van der Waals surface area (Å²) in [5.74, 6) is -0.120. The second kappa shape index (κ2) is 6.83. The lowest BCUT2D eigenvalue weighted by molar-refractivity contribution is 0.0940. The molecular formula is C13H17BrClNOS. The van der Waals surface area contributed by atoms with Crippen LogP contribution in [0.1, 0.15) is 24.2 Å². The molecule has 0 aliphatic carbocycles. The summed E-state index contributed by atoms with van der Waals surface area (Å²) in [6.07, 6.45) is 1.97. The number of hydrogen-bond donors (Lipinski definition) is 1. The number of alkyl halides is 1. The molecule has 18 heavy (non-hydrogen) atoms. The van der Waals surface area contributed by atoms with Crippen LogP contribution in [0.25, 0.3) is 0 Å². The zero-order valence-electron chi connectivity index (χ0n) is 10.7. The van der Waals surface area contributed by atoms with Crippen molar-refractivity contribution in [3.8, 4) is 0 Å². The topological polar surface area (TPSA) is 29.1 Å². The van der Waals surface area contributed by atoms with Crippen LogP contribution in [0.2, 0.25) is 5.02 Å². The van der Waals surface area contributed by atoms with Crippen molar-refractivity contribution < 1.29 is 4.79 Å². The number of halogens is 2. The highest BCUT2D eigenvalue weighted by Gasteiger charge is 2.18. The molecule has 0 aliphatic heterocycles. The van der Waals surface area contributed by atoms with Crippen LogP contribution in [0.4, 0.5) is 0 Å². The molecule has 2 nitrogen and oxygen atoms in total. The Morgan fingerprint density at radius 1 is 1.50 bits per heavy atom. The number of nitrogens with one attached hydrogen (secondary N) is 1. The number of benzene rings is 1. The number of rotatable bonds is 5. The van der Waals surface area contributed by atoms with E-state index in [4.69, 9.17) is 11.6 Å². The Bertz CT molecular complexity index is 437. The molecule has 0 bridgehead atoms. The van der Waals surface area contributed by atoms with E-state index in [0.29, 0.717) is 17.1 Å². The summed E-state index contributed by atoms with van der Waals surface area (Å²) >= 11 is 11.1. The fraction of sp³-hybridized carbons (Fsp3) is 0.462. The molecule has 0 heterocycles. The molecule has 0 atom stereocenters. The minimum atomic E-state index is -0.120. The van der Waals surface area contributed by atoms with E-state index in [2.05, 4.69) is 35.1 Å². The maximum absolute atomic E-state index is 12.1. The largest absolute Gasteiger partial charge is 0.351 e. The molecule has 0 saturated carbocycles. The number of amides is 1. The van der Waals surface area contributed by atoms with E-state index >= 15 is 0 Å². The van der Waals surface area contributed by atoms with Gasteiger partial charge in [0.1, 0.15) is 0 Å². The van der Waals surface area contributed by atoms with Crippen LogP contribution in [0.15, 0.2) is 23.1 Å². The van der Waals surface area contributed by atoms with Gasteiger partial charge < -0.3 is 5.32 Å². The van der Waals surface area contributed by atoms with Crippen molar-refractivity contribution >= 4 is 45.2 Å². The van der Waals surface area contributed by atoms with Gasteiger partial charge in [-0.1, -0.05) is 41.4 Å². The number of carbonyl (C=O) groups is 1. The van der Waals surface area contributed by atoms with Gasteiger partial charge in [0.2, 0.25) is 0 Å². The van der Waals surface area contributed by atoms with E-state index < -0.39 is 0 Å². The maximum atomic E-state index is 12.1. The molecule has 0 fully saturated rings. The lowest BCUT2D eigenvalue weighted by Crippen LogP contribution is -2.35. The summed E-state index contributed by atoms with van der Waals surface area (Å²) in [6, 6.07) is 5.49. The van der Waals surface area contributed by atoms with Crippen LogP contribution in [0, 0.1) is 5.41 Å². The van der Waals surface area contributed by atoms with E-state index in [1.54, 1.807) is 17.8 Å². The van der Waals surface area contributed by atoms with Crippen LogP contribution < -0.4 is 5.32 Å². The van der Waals surface area contributed by atoms with Gasteiger partial charge in [0, 0.05) is 16.8 Å². The van der Waals surface area contributed by atoms with Gasteiger partial charge in [-0.25, -0.2) is 0 Å². The Labute approximate surface area is 126 Å². The van der Waals surface area contributed by atoms with Crippen molar-refractivity contribution in [2.45, 2.75) is 18.7 Å². The highest BCUT2D eigenvalue weighted by Crippen LogP contribution is 2.23. The third kappa shape index (κ3) is 4.48. The molecule has 0 aromatic heterocycles. The third-order valence-corrected chi connectivity index (χ3v) is 5.08. The highest BCUT2D eigenvalue weighted by atomic mass is 79.9. The van der Waals surface area contributed by atoms with E-state index in [1.165, 1.54) is 0 Å². The van der Waals surface area contributed by atoms with E-state index in [1.807, 2.05) is 18.4 Å². The van der Waals surface area contributed by atoms with Gasteiger partial charge in [-0.15, -0.1) is 11.8 Å². The van der Waals surface area contributed by atoms with Gasteiger partial charge in [0.15, 0.2) is 0 Å². The number of thioether (sulfide) groups is 1. The molecule has 0 spiro atoms. The first-order valence-corrected chi connectivity index (χ1v) is 8.30. The van der Waals surface area contributed by atoms with Crippen molar-refractivity contribution in [3.05, 3.63) is 28.8 Å². The summed E-state index contributed by atoms with van der Waals surface area (Å²) in [5, 5.41) is 4.24. The molecule has 1 aromatic carbocycles. The molecule has 0 unspecified atom stereocenters. The predicted octanol–water partition coefficient (Wildman–Crippen LogP) is 4.21. The Balaban J connectivity index is 2.78. The van der Waals surface area contributed by atoms with E-state index in [0.717, 1.165) is 10.2 Å². The van der Waals surface area contributed by atoms with Crippen molar-refractivity contribution in [3.63, 3.8) is 0 Å². The van der Waals surface area contributed by atoms with Gasteiger partial charge in [0.25, 0.3) is 5.91 Å². The number of hydrogen-bond acceptors (Lipinski definition) is 2. The van der Waals surface area contributed by atoms with Gasteiger partial charge in [-0.3, -0.25) is 4.79 Å². The summed E-state index contributed by atoms with van der Waals surface area (Å²) in [6.45, 7) is 4.78. The van der Waals surface area contributed by atoms with Gasteiger partial charge in [-0.2, -0.15) is 0 Å². The normalized spacial score (nSPS) is 11.4. The lowest BCUT2D eigenvalue weighted by Gasteiger charge is -2.22. The lowest BCUT2D eigenvalue weighted by atomic mass is 9.97. The molecule has 0 aliphatic rings. The average Bonchev–Trinajstić information content (AvgIpc) is 2.36. The van der Waals surface area contributed by atoms with Gasteiger partial charge in [0.05, 0.1) is 10.6 Å². The van der Waals surface area contributed by atoms with Crippen molar-refractivity contribution in [1.29, 1.82) is 0 Å². The van der Waals surface area contributed by atoms with E-state index in [-0.39, 0.29) is 11.3 Å². The molecule has 5 heteroatoms. The Hall–Kier alpha value is -0.190. The van der Waals surface area contributed by atoms with Crippen LogP contribution in [-0.4, -0.2) is 24.0 Å². The van der Waals surface area contributed by atoms with Crippen molar-refractivity contribution in [2.75, 3.05) is 18.1 Å². The fourth-order valence-corrected chi connectivity index (χ4v) is 2.11. The van der Waals surface area contributed by atoms with Crippen molar-refractivity contribution in [2.24, 2.45) is 5.41 Å². The summed E-state index contributed by atoms with van der Waals surface area (Å²) < 4.78 is 0. The molecule has 0 saturated heterocycles. The fourth-order valence-electron chi connectivity index (χ4n) is 1.27. The first kappa shape index (κ1) is 15.9. The van der Waals surface area contributed by atoms with Gasteiger partial charge in [-0.05, 0) is 29.9 Å². The molecule has 1 amide bonds. The zero-order chi connectivity index (χ0) is 13.8. The Kier molecular flexibility index (Phi) is 6.02. The third-order valence-electron chi connectivity index (χ3n) is 2.51. The first-order chi connectivity index (χ1) is 8.39. The SMILES string of the molecule is CSc1ccc(Cl)c(C(=O)NCC(C)(C)CBr)c1.